The number of esters is 1. The van der Waals surface area contributed by atoms with Crippen molar-refractivity contribution in [3.05, 3.63) is 0 Å². The molecule has 0 rings (SSSR count). The summed E-state index contributed by atoms with van der Waals surface area (Å²) in [6.45, 7) is 4.99. The number of aliphatic hydroxyl groups is 2. The molecule has 442 valence electrons. The monoisotopic (exact) mass is 1050 g/mol. The van der Waals surface area contributed by atoms with Crippen LogP contribution in [-0.4, -0.2) is 47.4 Å². The van der Waals surface area contributed by atoms with Crippen LogP contribution in [0.4, 0.5) is 0 Å². The normalized spacial score (nSPS) is 12.4. The fraction of sp³-hybridized carbons (Fsp3) is 0.971. The van der Waals surface area contributed by atoms with E-state index < -0.39 is 12.1 Å². The molecule has 0 spiro atoms. The predicted octanol–water partition coefficient (Wildman–Crippen LogP) is 21.8. The quantitative estimate of drug-likeness (QED) is 0.0417. The van der Waals surface area contributed by atoms with Gasteiger partial charge in [-0.15, -0.1) is 0 Å². The van der Waals surface area contributed by atoms with Crippen LogP contribution in [-0.2, 0) is 14.3 Å². The molecule has 0 radical (unpaired) electrons. The number of ether oxygens (including phenoxy) is 1. The van der Waals surface area contributed by atoms with Gasteiger partial charge in [-0.05, 0) is 25.7 Å². The first-order valence-electron chi connectivity index (χ1n) is 34.3. The van der Waals surface area contributed by atoms with E-state index >= 15 is 0 Å². The Labute approximate surface area is 464 Å². The van der Waals surface area contributed by atoms with Crippen LogP contribution < -0.4 is 5.32 Å². The topological polar surface area (TPSA) is 95.9 Å². The van der Waals surface area contributed by atoms with E-state index in [0.717, 1.165) is 44.9 Å². The number of carbonyl (C=O) groups is 2. The maximum absolute atomic E-state index is 12.5. The molecule has 0 saturated heterocycles. The number of hydrogen-bond donors (Lipinski definition) is 3. The SMILES string of the molecule is CCCCCCCCCCCCCCCCCCCCCCCCCCC(O)C(CO)NC(=O)CCCCCCCCCCCCCCCCCOC(=O)CCCCCCCCCCCCCCCCCCCC. The molecule has 74 heavy (non-hydrogen) atoms. The molecule has 6 nitrogen and oxygen atoms in total. The summed E-state index contributed by atoms with van der Waals surface area (Å²) in [6, 6.07) is -0.548. The van der Waals surface area contributed by atoms with Crippen molar-refractivity contribution in [1.29, 1.82) is 0 Å². The number of hydrogen-bond acceptors (Lipinski definition) is 5. The maximum Gasteiger partial charge on any atom is 0.305 e. The molecule has 0 heterocycles. The van der Waals surface area contributed by atoms with Gasteiger partial charge in [0.05, 0.1) is 25.4 Å². The van der Waals surface area contributed by atoms with Crippen molar-refractivity contribution in [1.82, 2.24) is 5.32 Å². The lowest BCUT2D eigenvalue weighted by atomic mass is 10.0. The van der Waals surface area contributed by atoms with Crippen LogP contribution in [0, 0.1) is 0 Å². The minimum absolute atomic E-state index is 0.00700. The molecule has 0 aromatic heterocycles. The molecule has 2 unspecified atom stereocenters. The number of carbonyl (C=O) groups excluding carboxylic acids is 2. The first kappa shape index (κ1) is 72.9. The van der Waals surface area contributed by atoms with Crippen molar-refractivity contribution in [3.63, 3.8) is 0 Å². The smallest absolute Gasteiger partial charge is 0.305 e. The van der Waals surface area contributed by atoms with Crippen molar-refractivity contribution < 1.29 is 24.5 Å². The van der Waals surface area contributed by atoms with Gasteiger partial charge < -0.3 is 20.3 Å². The fourth-order valence-electron chi connectivity index (χ4n) is 11.2. The third-order valence-electron chi connectivity index (χ3n) is 16.4. The van der Waals surface area contributed by atoms with Gasteiger partial charge in [0.2, 0.25) is 5.91 Å². The summed E-state index contributed by atoms with van der Waals surface area (Å²) in [7, 11) is 0. The number of unbranched alkanes of at least 4 members (excludes halogenated alkanes) is 54. The van der Waals surface area contributed by atoms with Crippen molar-refractivity contribution in [2.24, 2.45) is 0 Å². The highest BCUT2D eigenvalue weighted by molar-refractivity contribution is 5.76. The molecule has 2 atom stereocenters. The van der Waals surface area contributed by atoms with E-state index in [1.165, 1.54) is 321 Å². The third kappa shape index (κ3) is 60.1. The largest absolute Gasteiger partial charge is 0.466 e. The summed E-state index contributed by atoms with van der Waals surface area (Å²) < 4.78 is 5.50. The summed E-state index contributed by atoms with van der Waals surface area (Å²) in [5, 5.41) is 23.4. The second-order valence-corrected chi connectivity index (χ2v) is 23.9. The molecule has 0 saturated carbocycles. The van der Waals surface area contributed by atoms with Crippen molar-refractivity contribution >= 4 is 11.9 Å². The van der Waals surface area contributed by atoms with Gasteiger partial charge in [-0.25, -0.2) is 0 Å². The zero-order valence-corrected chi connectivity index (χ0v) is 50.6. The molecular weight excluding hydrogens is 911 g/mol. The highest BCUT2D eigenvalue weighted by atomic mass is 16.5. The van der Waals surface area contributed by atoms with Crippen LogP contribution in [0.25, 0.3) is 0 Å². The van der Waals surface area contributed by atoms with Crippen molar-refractivity contribution in [2.75, 3.05) is 13.2 Å². The molecule has 0 aromatic carbocycles. The average molecular weight is 1050 g/mol. The molecule has 1 amide bonds. The van der Waals surface area contributed by atoms with E-state index in [1.54, 1.807) is 0 Å². The van der Waals surface area contributed by atoms with Crippen molar-refractivity contribution in [2.45, 2.75) is 411 Å². The number of nitrogens with one attached hydrogen (secondary N) is 1. The van der Waals surface area contributed by atoms with Gasteiger partial charge >= 0.3 is 5.97 Å². The van der Waals surface area contributed by atoms with E-state index in [0.29, 0.717) is 25.9 Å². The van der Waals surface area contributed by atoms with E-state index in [9.17, 15) is 19.8 Å². The Morgan fingerprint density at radius 1 is 0.324 bits per heavy atom. The molecule has 3 N–H and O–H groups in total. The average Bonchev–Trinajstić information content (AvgIpc) is 3.40. The van der Waals surface area contributed by atoms with E-state index in [1.807, 2.05) is 0 Å². The van der Waals surface area contributed by atoms with Crippen LogP contribution in [0.1, 0.15) is 399 Å². The van der Waals surface area contributed by atoms with E-state index in [2.05, 4.69) is 19.2 Å². The van der Waals surface area contributed by atoms with Crippen LogP contribution in [0.15, 0.2) is 0 Å². The summed E-state index contributed by atoms with van der Waals surface area (Å²) in [5.74, 6) is -0.0305. The summed E-state index contributed by atoms with van der Waals surface area (Å²) in [4.78, 5) is 24.7. The molecule has 6 heteroatoms. The van der Waals surface area contributed by atoms with Gasteiger partial charge in [-0.3, -0.25) is 9.59 Å². The van der Waals surface area contributed by atoms with Gasteiger partial charge in [-0.1, -0.05) is 361 Å². The van der Waals surface area contributed by atoms with Crippen LogP contribution in [0.3, 0.4) is 0 Å². The number of amides is 1. The Morgan fingerprint density at radius 2 is 0.554 bits per heavy atom. The zero-order valence-electron chi connectivity index (χ0n) is 50.6. The molecule has 0 bridgehead atoms. The first-order valence-corrected chi connectivity index (χ1v) is 34.3. The Morgan fingerprint density at radius 3 is 0.824 bits per heavy atom. The van der Waals surface area contributed by atoms with Crippen molar-refractivity contribution in [3.8, 4) is 0 Å². The van der Waals surface area contributed by atoms with Crippen LogP contribution >= 0.6 is 0 Å². The van der Waals surface area contributed by atoms with Crippen LogP contribution in [0.5, 0.6) is 0 Å². The van der Waals surface area contributed by atoms with Gasteiger partial charge in [0.25, 0.3) is 0 Å². The molecule has 0 aromatic rings. The predicted molar refractivity (Wildman–Crippen MR) is 324 cm³/mol. The minimum atomic E-state index is -0.670. The highest BCUT2D eigenvalue weighted by Gasteiger charge is 2.20. The highest BCUT2D eigenvalue weighted by Crippen LogP contribution is 2.19. The fourth-order valence-corrected chi connectivity index (χ4v) is 11.2. The van der Waals surface area contributed by atoms with E-state index in [-0.39, 0.29) is 18.5 Å². The van der Waals surface area contributed by atoms with Gasteiger partial charge in [0.15, 0.2) is 0 Å². The lowest BCUT2D eigenvalue weighted by Crippen LogP contribution is -2.45. The summed E-state index contributed by atoms with van der Waals surface area (Å²) in [6.07, 6.45) is 77.0. The van der Waals surface area contributed by atoms with E-state index in [4.69, 9.17) is 4.74 Å². The number of rotatable bonds is 65. The standard InChI is InChI=1S/C68H135NO5/c1-3-5-7-9-11-13-15-17-19-21-23-24-25-26-27-28-29-32-36-40-44-48-52-56-60-66(71)65(64-70)69-67(72)61-57-53-49-45-41-37-33-31-35-39-43-47-51-55-59-63-74-68(73)62-58-54-50-46-42-38-34-30-22-20-18-16-14-12-10-8-6-4-2/h65-66,70-71H,3-64H2,1-2H3,(H,69,72). The van der Waals surface area contributed by atoms with Crippen LogP contribution in [0.2, 0.25) is 0 Å². The van der Waals surface area contributed by atoms with Gasteiger partial charge in [-0.2, -0.15) is 0 Å². The molecule has 0 aliphatic heterocycles. The second-order valence-electron chi connectivity index (χ2n) is 23.9. The third-order valence-corrected chi connectivity index (χ3v) is 16.4. The second kappa shape index (κ2) is 64.4. The van der Waals surface area contributed by atoms with Gasteiger partial charge in [0.1, 0.15) is 0 Å². The Hall–Kier alpha value is -1.14. The lowest BCUT2D eigenvalue weighted by Gasteiger charge is -2.22. The molecule has 0 aliphatic rings. The number of aliphatic hydroxyl groups excluding tert-OH is 2. The molecular formula is C68H135NO5. The van der Waals surface area contributed by atoms with Gasteiger partial charge in [0, 0.05) is 12.8 Å². The molecule has 0 fully saturated rings. The Balaban J connectivity index is 3.39. The zero-order chi connectivity index (χ0) is 53.6. The minimum Gasteiger partial charge on any atom is -0.466 e. The summed E-state index contributed by atoms with van der Waals surface area (Å²) >= 11 is 0. The Bertz CT molecular complexity index is 1070. The lowest BCUT2D eigenvalue weighted by molar-refractivity contribution is -0.143. The first-order chi connectivity index (χ1) is 36.5. The summed E-state index contributed by atoms with van der Waals surface area (Å²) in [5.41, 5.74) is 0. The Kier molecular flexibility index (Phi) is 63.4. The maximum atomic E-state index is 12.5. The molecule has 0 aliphatic carbocycles.